The summed E-state index contributed by atoms with van der Waals surface area (Å²) in [6, 6.07) is 6.25. The zero-order valence-electron chi connectivity index (χ0n) is 8.72. The lowest BCUT2D eigenvalue weighted by molar-refractivity contribution is 0.138. The normalized spacial score (nSPS) is 17.0. The Morgan fingerprint density at radius 3 is 2.79 bits per heavy atom. The first-order valence-electron chi connectivity index (χ1n) is 4.75. The predicted molar refractivity (Wildman–Crippen MR) is 54.3 cm³/mol. The fraction of sp³-hybridized carbons (Fsp3) is 0.417. The summed E-state index contributed by atoms with van der Waals surface area (Å²) in [6.45, 7) is 6.03. The van der Waals surface area contributed by atoms with E-state index >= 15 is 0 Å². The van der Waals surface area contributed by atoms with Crippen LogP contribution in [-0.4, -0.2) is 5.60 Å². The monoisotopic (exact) mass is 187 g/mol. The molecule has 1 aliphatic heterocycles. The van der Waals surface area contributed by atoms with Gasteiger partial charge in [0, 0.05) is 6.42 Å². The molecule has 0 spiro atoms. The summed E-state index contributed by atoms with van der Waals surface area (Å²) < 4.78 is 5.77. The van der Waals surface area contributed by atoms with E-state index in [1.165, 1.54) is 0 Å². The van der Waals surface area contributed by atoms with E-state index in [1.807, 2.05) is 26.8 Å². The van der Waals surface area contributed by atoms with E-state index in [2.05, 4.69) is 12.1 Å². The lowest BCUT2D eigenvalue weighted by Gasteiger charge is -2.17. The first-order chi connectivity index (χ1) is 6.53. The maximum absolute atomic E-state index is 9.02. The molecule has 0 saturated heterocycles. The van der Waals surface area contributed by atoms with Crippen molar-refractivity contribution < 1.29 is 4.74 Å². The maximum atomic E-state index is 9.02. The van der Waals surface area contributed by atoms with Crippen molar-refractivity contribution in [2.75, 3.05) is 0 Å². The Balaban J connectivity index is 2.59. The smallest absolute Gasteiger partial charge is 0.141 e. The lowest BCUT2D eigenvalue weighted by Crippen LogP contribution is -2.24. The van der Waals surface area contributed by atoms with Gasteiger partial charge in [0.15, 0.2) is 0 Å². The summed E-state index contributed by atoms with van der Waals surface area (Å²) in [5, 5.41) is 9.02. The van der Waals surface area contributed by atoms with Gasteiger partial charge in [0.1, 0.15) is 17.4 Å². The van der Waals surface area contributed by atoms with Gasteiger partial charge in [0.2, 0.25) is 0 Å². The van der Waals surface area contributed by atoms with Crippen LogP contribution in [0.2, 0.25) is 0 Å². The summed E-state index contributed by atoms with van der Waals surface area (Å²) in [5.41, 5.74) is 2.66. The van der Waals surface area contributed by atoms with Gasteiger partial charge in [-0.15, -0.1) is 0 Å². The lowest BCUT2D eigenvalue weighted by atomic mass is 9.99. The zero-order chi connectivity index (χ0) is 10.3. The Labute approximate surface area is 84.1 Å². The molecule has 1 heterocycles. The summed E-state index contributed by atoms with van der Waals surface area (Å²) in [6.07, 6.45) is 0.886. The standard InChI is InChI=1S/C12H13NO/c1-8-4-5-9-6-12(2,3)14-11(9)10(8)7-13/h4-5H,6H2,1-3H3. The Bertz CT molecular complexity index is 427. The van der Waals surface area contributed by atoms with Crippen molar-refractivity contribution >= 4 is 0 Å². The second-order valence-corrected chi connectivity index (χ2v) is 4.40. The number of nitriles is 1. The van der Waals surface area contributed by atoms with Crippen LogP contribution in [0.1, 0.15) is 30.5 Å². The third-order valence-corrected chi connectivity index (χ3v) is 2.55. The van der Waals surface area contributed by atoms with Crippen LogP contribution in [0, 0.1) is 18.3 Å². The quantitative estimate of drug-likeness (QED) is 0.625. The van der Waals surface area contributed by atoms with Crippen LogP contribution in [0.3, 0.4) is 0 Å². The van der Waals surface area contributed by atoms with Crippen LogP contribution in [0.5, 0.6) is 5.75 Å². The Hall–Kier alpha value is -1.49. The van der Waals surface area contributed by atoms with Crippen LogP contribution in [-0.2, 0) is 6.42 Å². The van der Waals surface area contributed by atoms with Crippen LogP contribution in [0.15, 0.2) is 12.1 Å². The molecule has 1 aromatic carbocycles. The number of rotatable bonds is 0. The molecule has 0 unspecified atom stereocenters. The number of hydrogen-bond donors (Lipinski definition) is 0. The second kappa shape index (κ2) is 2.75. The van der Waals surface area contributed by atoms with Gasteiger partial charge in [0.25, 0.3) is 0 Å². The van der Waals surface area contributed by atoms with Crippen LogP contribution < -0.4 is 4.74 Å². The first kappa shape index (κ1) is 9.08. The number of benzene rings is 1. The number of hydrogen-bond acceptors (Lipinski definition) is 2. The van der Waals surface area contributed by atoms with Gasteiger partial charge in [-0.3, -0.25) is 0 Å². The Kier molecular flexibility index (Phi) is 1.78. The molecule has 0 bridgehead atoms. The first-order valence-corrected chi connectivity index (χ1v) is 4.75. The molecule has 0 amide bonds. The number of aryl methyl sites for hydroxylation is 1. The predicted octanol–water partition coefficient (Wildman–Crippen LogP) is 2.58. The summed E-state index contributed by atoms with van der Waals surface area (Å²) in [4.78, 5) is 0. The molecule has 0 N–H and O–H groups in total. The maximum Gasteiger partial charge on any atom is 0.141 e. The van der Waals surface area contributed by atoms with Gasteiger partial charge < -0.3 is 4.74 Å². The molecule has 0 aromatic heterocycles. The Morgan fingerprint density at radius 2 is 2.14 bits per heavy atom. The van der Waals surface area contributed by atoms with E-state index in [9.17, 15) is 0 Å². The third-order valence-electron chi connectivity index (χ3n) is 2.55. The second-order valence-electron chi connectivity index (χ2n) is 4.40. The minimum atomic E-state index is -0.165. The molecule has 72 valence electrons. The van der Waals surface area contributed by atoms with E-state index in [-0.39, 0.29) is 5.60 Å². The van der Waals surface area contributed by atoms with Gasteiger partial charge in [-0.05, 0) is 31.9 Å². The molecular formula is C12H13NO. The van der Waals surface area contributed by atoms with Crippen molar-refractivity contribution in [1.29, 1.82) is 5.26 Å². The van der Waals surface area contributed by atoms with Crippen molar-refractivity contribution in [2.24, 2.45) is 0 Å². The SMILES string of the molecule is Cc1ccc2c(c1C#N)OC(C)(C)C2. The topological polar surface area (TPSA) is 33.0 Å². The number of ether oxygens (including phenoxy) is 1. The fourth-order valence-corrected chi connectivity index (χ4v) is 1.89. The molecule has 1 aromatic rings. The van der Waals surface area contributed by atoms with Crippen molar-refractivity contribution in [3.63, 3.8) is 0 Å². The molecule has 2 heteroatoms. The van der Waals surface area contributed by atoms with Gasteiger partial charge in [-0.25, -0.2) is 0 Å². The highest BCUT2D eigenvalue weighted by atomic mass is 16.5. The molecule has 0 fully saturated rings. The minimum absolute atomic E-state index is 0.165. The average molecular weight is 187 g/mol. The van der Waals surface area contributed by atoms with E-state index in [0.717, 1.165) is 23.3 Å². The van der Waals surface area contributed by atoms with Crippen LogP contribution in [0.25, 0.3) is 0 Å². The molecule has 1 aliphatic rings. The third kappa shape index (κ3) is 1.26. The van der Waals surface area contributed by atoms with E-state index in [0.29, 0.717) is 5.56 Å². The highest BCUT2D eigenvalue weighted by Gasteiger charge is 2.32. The highest BCUT2D eigenvalue weighted by Crippen LogP contribution is 2.38. The molecule has 14 heavy (non-hydrogen) atoms. The van der Waals surface area contributed by atoms with Gasteiger partial charge in [-0.1, -0.05) is 12.1 Å². The largest absolute Gasteiger partial charge is 0.486 e. The van der Waals surface area contributed by atoms with Crippen molar-refractivity contribution in [2.45, 2.75) is 32.8 Å². The number of nitrogens with zero attached hydrogens (tertiary/aromatic N) is 1. The molecule has 0 radical (unpaired) electrons. The molecule has 2 rings (SSSR count). The van der Waals surface area contributed by atoms with Crippen molar-refractivity contribution in [3.05, 3.63) is 28.8 Å². The highest BCUT2D eigenvalue weighted by molar-refractivity contribution is 5.55. The van der Waals surface area contributed by atoms with E-state index in [4.69, 9.17) is 10.00 Å². The summed E-state index contributed by atoms with van der Waals surface area (Å²) in [7, 11) is 0. The van der Waals surface area contributed by atoms with Crippen LogP contribution in [0.4, 0.5) is 0 Å². The average Bonchev–Trinajstić information content (AvgIpc) is 2.39. The van der Waals surface area contributed by atoms with E-state index < -0.39 is 0 Å². The Morgan fingerprint density at radius 1 is 1.43 bits per heavy atom. The van der Waals surface area contributed by atoms with Gasteiger partial charge in [0.05, 0.1) is 5.56 Å². The van der Waals surface area contributed by atoms with E-state index in [1.54, 1.807) is 0 Å². The van der Waals surface area contributed by atoms with Gasteiger partial charge in [-0.2, -0.15) is 5.26 Å². The minimum Gasteiger partial charge on any atom is -0.486 e. The fourth-order valence-electron chi connectivity index (χ4n) is 1.89. The molecule has 0 atom stereocenters. The summed E-state index contributed by atoms with van der Waals surface area (Å²) in [5.74, 6) is 0.789. The molecular weight excluding hydrogens is 174 g/mol. The summed E-state index contributed by atoms with van der Waals surface area (Å²) >= 11 is 0. The molecule has 0 aliphatic carbocycles. The van der Waals surface area contributed by atoms with Crippen molar-refractivity contribution in [1.82, 2.24) is 0 Å². The molecule has 0 saturated carbocycles. The molecule has 2 nitrogen and oxygen atoms in total. The van der Waals surface area contributed by atoms with Gasteiger partial charge >= 0.3 is 0 Å². The zero-order valence-corrected chi connectivity index (χ0v) is 8.72. The van der Waals surface area contributed by atoms with Crippen LogP contribution >= 0.6 is 0 Å². The number of fused-ring (bicyclic) bond motifs is 1. The van der Waals surface area contributed by atoms with Crippen molar-refractivity contribution in [3.8, 4) is 11.8 Å².